The highest BCUT2D eigenvalue weighted by molar-refractivity contribution is 9.10. The van der Waals surface area contributed by atoms with Gasteiger partial charge < -0.3 is 10.4 Å². The first-order valence-corrected chi connectivity index (χ1v) is 7.11. The normalized spacial score (nSPS) is 12.8. The van der Waals surface area contributed by atoms with Gasteiger partial charge in [-0.2, -0.15) is 0 Å². The van der Waals surface area contributed by atoms with Gasteiger partial charge in [-0.05, 0) is 39.9 Å². The number of nitrogens with one attached hydrogen (secondary N) is 1. The van der Waals surface area contributed by atoms with Crippen molar-refractivity contribution in [3.63, 3.8) is 0 Å². The molecule has 1 amide bonds. The number of carbonyl (C=O) groups excluding carboxylic acids is 1. The second kappa shape index (κ2) is 6.83. The molecule has 0 aliphatic carbocycles. The van der Waals surface area contributed by atoms with Crippen LogP contribution in [0.25, 0.3) is 0 Å². The number of aromatic nitrogens is 1. The molecule has 0 bridgehead atoms. The summed E-state index contributed by atoms with van der Waals surface area (Å²) in [5.74, 6) is -1.25. The Morgan fingerprint density at radius 2 is 2.10 bits per heavy atom. The van der Waals surface area contributed by atoms with Crippen LogP contribution in [0.1, 0.15) is 44.0 Å². The van der Waals surface area contributed by atoms with Gasteiger partial charge in [0.05, 0.1) is 12.0 Å². The average Bonchev–Trinajstić information content (AvgIpc) is 2.25. The van der Waals surface area contributed by atoms with Crippen LogP contribution in [0.3, 0.4) is 0 Å². The van der Waals surface area contributed by atoms with Gasteiger partial charge in [-0.25, -0.2) is 4.98 Å². The first-order chi connectivity index (χ1) is 9.19. The first-order valence-electron chi connectivity index (χ1n) is 6.32. The zero-order valence-electron chi connectivity index (χ0n) is 11.8. The number of carboxylic acids is 1. The molecule has 0 spiro atoms. The van der Waals surface area contributed by atoms with E-state index in [0.29, 0.717) is 16.6 Å². The molecule has 110 valence electrons. The van der Waals surface area contributed by atoms with E-state index in [1.807, 2.05) is 20.8 Å². The van der Waals surface area contributed by atoms with Crippen LogP contribution in [0.5, 0.6) is 0 Å². The van der Waals surface area contributed by atoms with Gasteiger partial charge in [0.15, 0.2) is 0 Å². The zero-order valence-corrected chi connectivity index (χ0v) is 13.4. The summed E-state index contributed by atoms with van der Waals surface area (Å²) >= 11 is 3.21. The lowest BCUT2D eigenvalue weighted by molar-refractivity contribution is -0.137. The minimum Gasteiger partial charge on any atom is -0.481 e. The molecule has 1 aromatic rings. The molecule has 6 heteroatoms. The van der Waals surface area contributed by atoms with E-state index in [9.17, 15) is 9.59 Å². The third-order valence-corrected chi connectivity index (χ3v) is 3.25. The summed E-state index contributed by atoms with van der Waals surface area (Å²) in [5, 5.41) is 11.7. The largest absolute Gasteiger partial charge is 0.481 e. The van der Waals surface area contributed by atoms with Crippen LogP contribution in [0.2, 0.25) is 0 Å². The molecule has 0 fully saturated rings. The molecule has 0 radical (unpaired) electrons. The standard InChI is InChI=1S/C14H19BrN2O3/c1-14(2,3)8-9(7-11(18)19)17-13(20)10-5-4-6-16-12(10)15/h4-6,9H,7-8H2,1-3H3,(H,17,20)(H,18,19). The van der Waals surface area contributed by atoms with Gasteiger partial charge in [-0.1, -0.05) is 20.8 Å². The molecule has 1 aromatic heterocycles. The highest BCUT2D eigenvalue weighted by atomic mass is 79.9. The number of halogens is 1. The van der Waals surface area contributed by atoms with E-state index < -0.39 is 12.0 Å². The molecular weight excluding hydrogens is 324 g/mol. The molecule has 1 atom stereocenters. The summed E-state index contributed by atoms with van der Waals surface area (Å²) in [6.07, 6.45) is 2.06. The van der Waals surface area contributed by atoms with Crippen LogP contribution in [0, 0.1) is 5.41 Å². The molecule has 1 heterocycles. The summed E-state index contributed by atoms with van der Waals surface area (Å²) in [5.41, 5.74) is 0.330. The number of hydrogen-bond donors (Lipinski definition) is 2. The van der Waals surface area contributed by atoms with Gasteiger partial charge in [-0.15, -0.1) is 0 Å². The average molecular weight is 343 g/mol. The van der Waals surface area contributed by atoms with E-state index in [-0.39, 0.29) is 17.7 Å². The predicted molar refractivity (Wildman–Crippen MR) is 79.5 cm³/mol. The van der Waals surface area contributed by atoms with Crippen LogP contribution in [-0.2, 0) is 4.79 Å². The highest BCUT2D eigenvalue weighted by Crippen LogP contribution is 2.23. The molecule has 0 aliphatic heterocycles. The summed E-state index contributed by atoms with van der Waals surface area (Å²) in [7, 11) is 0. The van der Waals surface area contributed by atoms with Gasteiger partial charge in [0.1, 0.15) is 4.60 Å². The van der Waals surface area contributed by atoms with Crippen LogP contribution >= 0.6 is 15.9 Å². The Morgan fingerprint density at radius 1 is 1.45 bits per heavy atom. The fourth-order valence-electron chi connectivity index (χ4n) is 1.94. The molecule has 0 saturated carbocycles. The monoisotopic (exact) mass is 342 g/mol. The summed E-state index contributed by atoms with van der Waals surface area (Å²) < 4.78 is 0.447. The zero-order chi connectivity index (χ0) is 15.3. The maximum atomic E-state index is 12.2. The van der Waals surface area contributed by atoms with Gasteiger partial charge >= 0.3 is 5.97 Å². The fourth-order valence-corrected chi connectivity index (χ4v) is 2.37. The number of nitrogens with zero attached hydrogens (tertiary/aromatic N) is 1. The van der Waals surface area contributed by atoms with E-state index >= 15 is 0 Å². The fraction of sp³-hybridized carbons (Fsp3) is 0.500. The Balaban J connectivity index is 2.81. The Labute approximate surface area is 126 Å². The molecule has 0 saturated heterocycles. The van der Waals surface area contributed by atoms with Crippen molar-refractivity contribution in [2.75, 3.05) is 0 Å². The third-order valence-electron chi connectivity index (χ3n) is 2.62. The van der Waals surface area contributed by atoms with E-state index in [1.54, 1.807) is 18.3 Å². The Bertz CT molecular complexity index is 497. The third kappa shape index (κ3) is 5.69. The number of hydrogen-bond acceptors (Lipinski definition) is 3. The maximum Gasteiger partial charge on any atom is 0.305 e. The number of rotatable bonds is 5. The van der Waals surface area contributed by atoms with Crippen molar-refractivity contribution in [2.24, 2.45) is 5.41 Å². The first kappa shape index (κ1) is 16.6. The number of pyridine rings is 1. The summed E-state index contributed by atoms with van der Waals surface area (Å²) in [6.45, 7) is 6.02. The van der Waals surface area contributed by atoms with Crippen molar-refractivity contribution in [1.82, 2.24) is 10.3 Å². The van der Waals surface area contributed by atoms with Gasteiger partial charge in [-0.3, -0.25) is 9.59 Å². The van der Waals surface area contributed by atoms with Gasteiger partial charge in [0.25, 0.3) is 5.91 Å². The van der Waals surface area contributed by atoms with Crippen LogP contribution in [0.4, 0.5) is 0 Å². The quantitative estimate of drug-likeness (QED) is 0.806. The minimum absolute atomic E-state index is 0.0699. The smallest absolute Gasteiger partial charge is 0.305 e. The van der Waals surface area contributed by atoms with Crippen molar-refractivity contribution in [2.45, 2.75) is 39.7 Å². The lowest BCUT2D eigenvalue weighted by atomic mass is 9.87. The van der Waals surface area contributed by atoms with E-state index in [4.69, 9.17) is 5.11 Å². The second-order valence-corrected chi connectivity index (χ2v) is 6.63. The lowest BCUT2D eigenvalue weighted by Gasteiger charge is -2.25. The van der Waals surface area contributed by atoms with Crippen LogP contribution in [0.15, 0.2) is 22.9 Å². The molecule has 2 N–H and O–H groups in total. The van der Waals surface area contributed by atoms with E-state index in [1.165, 1.54) is 0 Å². The van der Waals surface area contributed by atoms with Crippen molar-refractivity contribution in [3.8, 4) is 0 Å². The highest BCUT2D eigenvalue weighted by Gasteiger charge is 2.23. The Hall–Kier alpha value is -1.43. The minimum atomic E-state index is -0.926. The SMILES string of the molecule is CC(C)(C)CC(CC(=O)O)NC(=O)c1cccnc1Br. The van der Waals surface area contributed by atoms with E-state index in [0.717, 1.165) is 0 Å². The number of aliphatic carboxylic acids is 1. The Morgan fingerprint density at radius 3 is 2.60 bits per heavy atom. The summed E-state index contributed by atoms with van der Waals surface area (Å²) in [4.78, 5) is 27.1. The number of carboxylic acid groups (broad SMARTS) is 1. The van der Waals surface area contributed by atoms with Crippen molar-refractivity contribution >= 4 is 27.8 Å². The van der Waals surface area contributed by atoms with Crippen molar-refractivity contribution in [3.05, 3.63) is 28.5 Å². The maximum absolute atomic E-state index is 12.2. The molecule has 20 heavy (non-hydrogen) atoms. The topological polar surface area (TPSA) is 79.3 Å². The lowest BCUT2D eigenvalue weighted by Crippen LogP contribution is -2.39. The van der Waals surface area contributed by atoms with Crippen LogP contribution < -0.4 is 5.32 Å². The molecule has 1 unspecified atom stereocenters. The van der Waals surface area contributed by atoms with Gasteiger partial charge in [0.2, 0.25) is 0 Å². The van der Waals surface area contributed by atoms with Crippen molar-refractivity contribution in [1.29, 1.82) is 0 Å². The second-order valence-electron chi connectivity index (χ2n) is 5.87. The number of carbonyl (C=O) groups is 2. The molecule has 5 nitrogen and oxygen atoms in total. The van der Waals surface area contributed by atoms with Gasteiger partial charge in [0, 0.05) is 12.2 Å². The number of amides is 1. The van der Waals surface area contributed by atoms with E-state index in [2.05, 4.69) is 26.2 Å². The van der Waals surface area contributed by atoms with Crippen LogP contribution in [-0.4, -0.2) is 28.0 Å². The Kier molecular flexibility index (Phi) is 5.68. The van der Waals surface area contributed by atoms with Crippen molar-refractivity contribution < 1.29 is 14.7 Å². The predicted octanol–water partition coefficient (Wildman–Crippen LogP) is 2.85. The molecular formula is C14H19BrN2O3. The molecule has 1 rings (SSSR count). The summed E-state index contributed by atoms with van der Waals surface area (Å²) in [6, 6.07) is 2.89. The molecule has 0 aromatic carbocycles. The molecule has 0 aliphatic rings.